The van der Waals surface area contributed by atoms with Crippen LogP contribution in [0.3, 0.4) is 0 Å². The number of nitrogens with one attached hydrogen (secondary N) is 1. The monoisotopic (exact) mass is 296 g/mol. The van der Waals surface area contributed by atoms with E-state index < -0.39 is 6.23 Å². The number of carbonyl (C=O) groups excluding carboxylic acids is 1. The molecule has 0 amide bonds. The SMILES string of the molecule is COC(=O)c1ccc([C@H]2N=C(c3ccccc3C)NO2)cc1. The van der Waals surface area contributed by atoms with E-state index >= 15 is 0 Å². The van der Waals surface area contributed by atoms with E-state index in [4.69, 9.17) is 4.84 Å². The largest absolute Gasteiger partial charge is 0.465 e. The van der Waals surface area contributed by atoms with Crippen molar-refractivity contribution >= 4 is 11.8 Å². The summed E-state index contributed by atoms with van der Waals surface area (Å²) < 4.78 is 4.68. The third kappa shape index (κ3) is 2.71. The van der Waals surface area contributed by atoms with Gasteiger partial charge in [-0.05, 0) is 24.6 Å². The van der Waals surface area contributed by atoms with E-state index in [1.807, 2.05) is 43.3 Å². The first-order chi connectivity index (χ1) is 10.7. The fraction of sp³-hybridized carbons (Fsp3) is 0.176. The van der Waals surface area contributed by atoms with E-state index in [9.17, 15) is 4.79 Å². The maximum atomic E-state index is 11.4. The molecule has 3 rings (SSSR count). The molecule has 0 aliphatic carbocycles. The fourth-order valence-electron chi connectivity index (χ4n) is 2.29. The van der Waals surface area contributed by atoms with Crippen LogP contribution in [0.5, 0.6) is 0 Å². The van der Waals surface area contributed by atoms with Crippen LogP contribution in [0.25, 0.3) is 0 Å². The van der Waals surface area contributed by atoms with Crippen LogP contribution < -0.4 is 5.48 Å². The molecule has 5 heteroatoms. The summed E-state index contributed by atoms with van der Waals surface area (Å²) in [6, 6.07) is 15.0. The second-order valence-electron chi connectivity index (χ2n) is 4.98. The lowest BCUT2D eigenvalue weighted by atomic mass is 10.1. The van der Waals surface area contributed by atoms with Gasteiger partial charge < -0.3 is 4.74 Å². The molecule has 112 valence electrons. The molecule has 2 aromatic carbocycles. The number of rotatable bonds is 3. The Bertz CT molecular complexity index is 723. The van der Waals surface area contributed by atoms with Gasteiger partial charge in [0, 0.05) is 11.1 Å². The van der Waals surface area contributed by atoms with Crippen molar-refractivity contribution in [3.8, 4) is 0 Å². The summed E-state index contributed by atoms with van der Waals surface area (Å²) in [5.41, 5.74) is 6.37. The van der Waals surface area contributed by atoms with E-state index in [0.717, 1.165) is 16.7 Å². The predicted octanol–water partition coefficient (Wildman–Crippen LogP) is 2.76. The van der Waals surface area contributed by atoms with Crippen LogP contribution in [0, 0.1) is 6.92 Å². The second kappa shape index (κ2) is 5.99. The second-order valence-corrected chi connectivity index (χ2v) is 4.98. The number of esters is 1. The average Bonchev–Trinajstić information content (AvgIpc) is 3.04. The standard InChI is InChI=1S/C17H16N2O3/c1-11-5-3-4-6-14(11)15-18-16(22-19-15)12-7-9-13(10-8-12)17(20)21-2/h3-10,16H,1-2H3,(H,18,19)/t16-/m0/s1. The predicted molar refractivity (Wildman–Crippen MR) is 82.5 cm³/mol. The lowest BCUT2D eigenvalue weighted by Gasteiger charge is -2.06. The van der Waals surface area contributed by atoms with Gasteiger partial charge in [0.15, 0.2) is 5.84 Å². The number of methoxy groups -OCH3 is 1. The first kappa shape index (κ1) is 14.3. The zero-order chi connectivity index (χ0) is 15.5. The summed E-state index contributed by atoms with van der Waals surface area (Å²) in [6.07, 6.45) is -0.429. The number of hydroxylamine groups is 1. The van der Waals surface area contributed by atoms with Crippen LogP contribution in [0.15, 0.2) is 53.5 Å². The molecule has 2 aromatic rings. The van der Waals surface area contributed by atoms with Crippen molar-refractivity contribution in [1.29, 1.82) is 0 Å². The van der Waals surface area contributed by atoms with Crippen molar-refractivity contribution in [3.63, 3.8) is 0 Å². The highest BCUT2D eigenvalue weighted by molar-refractivity contribution is 6.00. The van der Waals surface area contributed by atoms with Crippen molar-refractivity contribution in [1.82, 2.24) is 5.48 Å². The first-order valence-corrected chi connectivity index (χ1v) is 6.93. The number of hydrogen-bond acceptors (Lipinski definition) is 5. The minimum Gasteiger partial charge on any atom is -0.465 e. The van der Waals surface area contributed by atoms with Gasteiger partial charge in [0.25, 0.3) is 0 Å². The number of benzene rings is 2. The summed E-state index contributed by atoms with van der Waals surface area (Å²) in [5.74, 6) is 0.348. The molecule has 22 heavy (non-hydrogen) atoms. The van der Waals surface area contributed by atoms with Gasteiger partial charge in [-0.1, -0.05) is 36.4 Å². The van der Waals surface area contributed by atoms with Crippen LogP contribution in [0.1, 0.15) is 33.3 Å². The Hall–Kier alpha value is -2.66. The molecule has 1 aliphatic heterocycles. The van der Waals surface area contributed by atoms with E-state index in [2.05, 4.69) is 15.2 Å². The number of nitrogens with zero attached hydrogens (tertiary/aromatic N) is 1. The number of amidine groups is 1. The molecule has 0 bridgehead atoms. The Kier molecular flexibility index (Phi) is 3.89. The maximum absolute atomic E-state index is 11.4. The summed E-state index contributed by atoms with van der Waals surface area (Å²) in [4.78, 5) is 21.5. The van der Waals surface area contributed by atoms with Gasteiger partial charge in [-0.3, -0.25) is 0 Å². The highest BCUT2D eigenvalue weighted by atomic mass is 16.7. The highest BCUT2D eigenvalue weighted by Gasteiger charge is 2.21. The van der Waals surface area contributed by atoms with Gasteiger partial charge >= 0.3 is 5.97 Å². The lowest BCUT2D eigenvalue weighted by molar-refractivity contribution is 0.0376. The first-order valence-electron chi connectivity index (χ1n) is 6.93. The molecule has 1 N–H and O–H groups in total. The molecule has 0 radical (unpaired) electrons. The van der Waals surface area contributed by atoms with Gasteiger partial charge in [-0.2, -0.15) is 0 Å². The summed E-state index contributed by atoms with van der Waals surface area (Å²) in [5, 5.41) is 0. The van der Waals surface area contributed by atoms with E-state index in [1.165, 1.54) is 7.11 Å². The van der Waals surface area contributed by atoms with Gasteiger partial charge in [-0.25, -0.2) is 20.1 Å². The molecule has 0 saturated heterocycles. The van der Waals surface area contributed by atoms with Gasteiger partial charge in [-0.15, -0.1) is 0 Å². The van der Waals surface area contributed by atoms with E-state index in [0.29, 0.717) is 11.4 Å². The molecule has 1 aliphatic rings. The number of aryl methyl sites for hydroxylation is 1. The number of aliphatic imine (C=N–C) groups is 1. The summed E-state index contributed by atoms with van der Waals surface area (Å²) in [6.45, 7) is 2.03. The van der Waals surface area contributed by atoms with Crippen LogP contribution in [-0.2, 0) is 9.57 Å². The number of carbonyl (C=O) groups is 1. The van der Waals surface area contributed by atoms with Crippen LogP contribution in [-0.4, -0.2) is 18.9 Å². The Morgan fingerprint density at radius 3 is 2.59 bits per heavy atom. The zero-order valence-electron chi connectivity index (χ0n) is 12.4. The molecular weight excluding hydrogens is 280 g/mol. The van der Waals surface area contributed by atoms with Crippen LogP contribution in [0.2, 0.25) is 0 Å². The third-order valence-electron chi connectivity index (χ3n) is 3.53. The molecule has 5 nitrogen and oxygen atoms in total. The third-order valence-corrected chi connectivity index (χ3v) is 3.53. The molecule has 0 fully saturated rings. The van der Waals surface area contributed by atoms with E-state index in [1.54, 1.807) is 12.1 Å². The quantitative estimate of drug-likeness (QED) is 0.885. The van der Waals surface area contributed by atoms with Crippen molar-refractivity contribution in [2.24, 2.45) is 4.99 Å². The molecular formula is C17H16N2O3. The Morgan fingerprint density at radius 1 is 1.18 bits per heavy atom. The van der Waals surface area contributed by atoms with Crippen molar-refractivity contribution in [2.45, 2.75) is 13.2 Å². The van der Waals surface area contributed by atoms with Gasteiger partial charge in [0.1, 0.15) is 0 Å². The Morgan fingerprint density at radius 2 is 1.91 bits per heavy atom. The fourth-order valence-corrected chi connectivity index (χ4v) is 2.29. The maximum Gasteiger partial charge on any atom is 0.337 e. The normalized spacial score (nSPS) is 16.8. The minimum atomic E-state index is -0.429. The zero-order valence-corrected chi connectivity index (χ0v) is 12.4. The highest BCUT2D eigenvalue weighted by Crippen LogP contribution is 2.24. The van der Waals surface area contributed by atoms with Crippen molar-refractivity contribution in [2.75, 3.05) is 7.11 Å². The lowest BCUT2D eigenvalue weighted by Crippen LogP contribution is -2.19. The minimum absolute atomic E-state index is 0.360. The van der Waals surface area contributed by atoms with Gasteiger partial charge in [0.05, 0.1) is 12.7 Å². The van der Waals surface area contributed by atoms with Gasteiger partial charge in [0.2, 0.25) is 6.23 Å². The van der Waals surface area contributed by atoms with Crippen molar-refractivity contribution < 1.29 is 14.4 Å². The molecule has 0 saturated carbocycles. The molecule has 0 unspecified atom stereocenters. The smallest absolute Gasteiger partial charge is 0.337 e. The van der Waals surface area contributed by atoms with E-state index in [-0.39, 0.29) is 5.97 Å². The topological polar surface area (TPSA) is 59.9 Å². The molecule has 1 atom stereocenters. The molecule has 1 heterocycles. The molecule has 0 spiro atoms. The van der Waals surface area contributed by atoms with Crippen molar-refractivity contribution in [3.05, 3.63) is 70.8 Å². The van der Waals surface area contributed by atoms with Crippen LogP contribution in [0.4, 0.5) is 0 Å². The number of ether oxygens (including phenoxy) is 1. The van der Waals surface area contributed by atoms with Crippen LogP contribution >= 0.6 is 0 Å². The number of hydrogen-bond donors (Lipinski definition) is 1. The Balaban J connectivity index is 1.82. The Labute approximate surface area is 128 Å². The summed E-state index contributed by atoms with van der Waals surface area (Å²) >= 11 is 0. The molecule has 0 aromatic heterocycles. The average molecular weight is 296 g/mol. The summed E-state index contributed by atoms with van der Waals surface area (Å²) in [7, 11) is 1.36.